The van der Waals surface area contributed by atoms with Crippen molar-refractivity contribution in [1.29, 1.82) is 0 Å². The van der Waals surface area contributed by atoms with E-state index in [0.717, 1.165) is 5.56 Å². The first-order valence-corrected chi connectivity index (χ1v) is 6.23. The molecule has 2 rings (SSSR count). The van der Waals surface area contributed by atoms with Crippen LogP contribution in [0.2, 0.25) is 0 Å². The predicted molar refractivity (Wildman–Crippen MR) is 67.9 cm³/mol. The Hall–Kier alpha value is -1.62. The van der Waals surface area contributed by atoms with E-state index in [1.54, 1.807) is 0 Å². The van der Waals surface area contributed by atoms with Crippen molar-refractivity contribution in [3.63, 3.8) is 0 Å². The third-order valence-electron chi connectivity index (χ3n) is 2.38. The summed E-state index contributed by atoms with van der Waals surface area (Å²) in [5, 5.41) is 2.94. The molecule has 0 fully saturated rings. The molecule has 0 radical (unpaired) electrons. The van der Waals surface area contributed by atoms with E-state index < -0.39 is 0 Å². The Balaban J connectivity index is 2.14. The van der Waals surface area contributed by atoms with E-state index in [2.05, 4.69) is 10.3 Å². The topological polar surface area (TPSA) is 58.5 Å². The average molecular weight is 248 g/mol. The first-order chi connectivity index (χ1) is 8.16. The van der Waals surface area contributed by atoms with Gasteiger partial charge in [0, 0.05) is 12.7 Å². The summed E-state index contributed by atoms with van der Waals surface area (Å²) in [7, 11) is 0. The van der Waals surface area contributed by atoms with E-state index in [4.69, 9.17) is 0 Å². The zero-order valence-corrected chi connectivity index (χ0v) is 10.2. The van der Waals surface area contributed by atoms with Gasteiger partial charge in [-0.3, -0.25) is 9.59 Å². The van der Waals surface area contributed by atoms with Gasteiger partial charge >= 0.3 is 0 Å². The highest BCUT2D eigenvalue weighted by Gasteiger charge is 2.26. The number of carbonyl (C=O) groups excluding carboxylic acids is 2. The van der Waals surface area contributed by atoms with Gasteiger partial charge < -0.3 is 5.32 Å². The maximum Gasteiger partial charge on any atom is 0.256 e. The normalized spacial score (nSPS) is 19.7. The fourth-order valence-corrected chi connectivity index (χ4v) is 2.61. The molecule has 1 aliphatic heterocycles. The number of carbonyl (C=O) groups is 2. The Kier molecular flexibility index (Phi) is 3.58. The second-order valence-electron chi connectivity index (χ2n) is 3.71. The molecule has 4 nitrogen and oxygen atoms in total. The molecule has 1 atom stereocenters. The maximum absolute atomic E-state index is 11.8. The second kappa shape index (κ2) is 5.14. The molecule has 0 unspecified atom stereocenters. The Bertz CT molecular complexity index is 471. The summed E-state index contributed by atoms with van der Waals surface area (Å²) in [6.07, 6.45) is 0. The molecule has 2 amide bonds. The Morgan fingerprint density at radius 1 is 1.41 bits per heavy atom. The number of aliphatic imine (C=N–C) groups is 1. The minimum absolute atomic E-state index is 0.196. The lowest BCUT2D eigenvalue weighted by atomic mass is 10.0. The van der Waals surface area contributed by atoms with Gasteiger partial charge in [0.2, 0.25) is 5.91 Å². The standard InChI is InChI=1S/C12H12N2O2S/c1-8(15)13-12-14-11(16)10(7-17-12)9-5-3-2-4-6-9/h2-6,10H,7H2,1H3,(H,13,14,15,16)/t10-/m1/s1. The highest BCUT2D eigenvalue weighted by Crippen LogP contribution is 2.26. The Morgan fingerprint density at radius 2 is 2.12 bits per heavy atom. The minimum Gasteiger partial charge on any atom is -0.305 e. The fraction of sp³-hybridized carbons (Fsp3) is 0.250. The van der Waals surface area contributed by atoms with Crippen molar-refractivity contribution in [2.24, 2.45) is 4.99 Å². The quantitative estimate of drug-likeness (QED) is 0.820. The van der Waals surface area contributed by atoms with Crippen molar-refractivity contribution >= 4 is 28.7 Å². The number of rotatable bonds is 1. The smallest absolute Gasteiger partial charge is 0.256 e. The van der Waals surface area contributed by atoms with E-state index in [9.17, 15) is 9.59 Å². The summed E-state index contributed by atoms with van der Waals surface area (Å²) in [6.45, 7) is 1.40. The van der Waals surface area contributed by atoms with Crippen LogP contribution in [-0.2, 0) is 9.59 Å². The molecule has 17 heavy (non-hydrogen) atoms. The molecule has 0 aliphatic carbocycles. The lowest BCUT2D eigenvalue weighted by Gasteiger charge is -2.19. The van der Waals surface area contributed by atoms with Crippen LogP contribution in [0.25, 0.3) is 0 Å². The van der Waals surface area contributed by atoms with Gasteiger partial charge in [0.15, 0.2) is 5.17 Å². The molecule has 0 saturated heterocycles. The van der Waals surface area contributed by atoms with Crippen LogP contribution in [0, 0.1) is 0 Å². The molecule has 88 valence electrons. The number of nitrogens with zero attached hydrogens (tertiary/aromatic N) is 1. The number of benzene rings is 1. The molecule has 1 aromatic rings. The highest BCUT2D eigenvalue weighted by molar-refractivity contribution is 8.14. The number of hydrogen-bond donors (Lipinski definition) is 1. The number of amidine groups is 1. The lowest BCUT2D eigenvalue weighted by Crippen LogP contribution is -2.31. The largest absolute Gasteiger partial charge is 0.305 e. The van der Waals surface area contributed by atoms with Crippen molar-refractivity contribution in [1.82, 2.24) is 5.32 Å². The van der Waals surface area contributed by atoms with Gasteiger partial charge in [-0.05, 0) is 5.56 Å². The van der Waals surface area contributed by atoms with Crippen LogP contribution in [0.5, 0.6) is 0 Å². The molecule has 5 heteroatoms. The third-order valence-corrected chi connectivity index (χ3v) is 3.35. The van der Waals surface area contributed by atoms with Gasteiger partial charge in [-0.15, -0.1) is 0 Å². The Morgan fingerprint density at radius 3 is 2.71 bits per heavy atom. The van der Waals surface area contributed by atoms with Gasteiger partial charge in [0.05, 0.1) is 5.92 Å². The molecule has 1 aliphatic rings. The van der Waals surface area contributed by atoms with E-state index in [1.807, 2.05) is 30.3 Å². The highest BCUT2D eigenvalue weighted by atomic mass is 32.2. The summed E-state index contributed by atoms with van der Waals surface area (Å²) >= 11 is 1.40. The van der Waals surface area contributed by atoms with Crippen LogP contribution in [0.3, 0.4) is 0 Å². The van der Waals surface area contributed by atoms with Crippen molar-refractivity contribution in [2.75, 3.05) is 5.75 Å². The SMILES string of the molecule is CC(=O)NC1=NC(=O)[C@@H](c2ccccc2)CS1. The summed E-state index contributed by atoms with van der Waals surface area (Å²) < 4.78 is 0. The van der Waals surface area contributed by atoms with Crippen LogP contribution in [0.15, 0.2) is 35.3 Å². The predicted octanol–water partition coefficient (Wildman–Crippen LogP) is 1.54. The van der Waals surface area contributed by atoms with Gasteiger partial charge in [0.1, 0.15) is 0 Å². The average Bonchev–Trinajstić information content (AvgIpc) is 2.29. The summed E-state index contributed by atoms with van der Waals surface area (Å²) in [4.78, 5) is 26.6. The molecular weight excluding hydrogens is 236 g/mol. The molecule has 0 spiro atoms. The first-order valence-electron chi connectivity index (χ1n) is 5.24. The van der Waals surface area contributed by atoms with Crippen molar-refractivity contribution in [2.45, 2.75) is 12.8 Å². The van der Waals surface area contributed by atoms with Gasteiger partial charge in [-0.25, -0.2) is 0 Å². The van der Waals surface area contributed by atoms with E-state index in [-0.39, 0.29) is 17.7 Å². The monoisotopic (exact) mass is 248 g/mol. The van der Waals surface area contributed by atoms with Crippen LogP contribution < -0.4 is 5.32 Å². The van der Waals surface area contributed by atoms with E-state index >= 15 is 0 Å². The van der Waals surface area contributed by atoms with Crippen molar-refractivity contribution in [3.8, 4) is 0 Å². The molecule has 1 N–H and O–H groups in total. The van der Waals surface area contributed by atoms with Crippen molar-refractivity contribution < 1.29 is 9.59 Å². The van der Waals surface area contributed by atoms with Crippen LogP contribution in [0.1, 0.15) is 18.4 Å². The summed E-state index contributed by atoms with van der Waals surface area (Å²) in [5.74, 6) is 0.00159. The van der Waals surface area contributed by atoms with Crippen LogP contribution in [-0.4, -0.2) is 22.7 Å². The molecule has 0 saturated carbocycles. The third kappa shape index (κ3) is 2.94. The Labute approximate surface area is 104 Å². The fourth-order valence-electron chi connectivity index (χ4n) is 1.58. The molecular formula is C12H12N2O2S. The minimum atomic E-state index is -0.210. The van der Waals surface area contributed by atoms with Crippen LogP contribution >= 0.6 is 11.8 Å². The molecule has 0 aromatic heterocycles. The van der Waals surface area contributed by atoms with Gasteiger partial charge in [-0.1, -0.05) is 42.1 Å². The van der Waals surface area contributed by atoms with E-state index in [1.165, 1.54) is 18.7 Å². The van der Waals surface area contributed by atoms with Gasteiger partial charge in [-0.2, -0.15) is 4.99 Å². The zero-order valence-electron chi connectivity index (χ0n) is 9.34. The number of hydrogen-bond acceptors (Lipinski definition) is 3. The van der Waals surface area contributed by atoms with Crippen molar-refractivity contribution in [3.05, 3.63) is 35.9 Å². The van der Waals surface area contributed by atoms with E-state index in [0.29, 0.717) is 10.9 Å². The lowest BCUT2D eigenvalue weighted by molar-refractivity contribution is -0.118. The van der Waals surface area contributed by atoms with Crippen LogP contribution in [0.4, 0.5) is 0 Å². The summed E-state index contributed by atoms with van der Waals surface area (Å²) in [5.41, 5.74) is 0.968. The zero-order chi connectivity index (χ0) is 12.3. The molecule has 0 bridgehead atoms. The number of nitrogens with one attached hydrogen (secondary N) is 1. The molecule has 1 heterocycles. The summed E-state index contributed by atoms with van der Waals surface area (Å²) in [6, 6.07) is 9.56. The number of thioether (sulfide) groups is 1. The second-order valence-corrected chi connectivity index (χ2v) is 4.72. The van der Waals surface area contributed by atoms with Gasteiger partial charge in [0.25, 0.3) is 5.91 Å². The first kappa shape index (κ1) is 11.9. The number of amides is 2. The maximum atomic E-state index is 11.8. The molecule has 1 aromatic carbocycles.